The lowest BCUT2D eigenvalue weighted by molar-refractivity contribution is 0.0930. The van der Waals surface area contributed by atoms with Gasteiger partial charge in [-0.3, -0.25) is 9.69 Å². The average Bonchev–Trinajstić information content (AvgIpc) is 3.00. The molecule has 0 saturated heterocycles. The maximum absolute atomic E-state index is 11.9. The summed E-state index contributed by atoms with van der Waals surface area (Å²) in [5.41, 5.74) is 0.287. The zero-order chi connectivity index (χ0) is 13.8. The number of hydrogen-bond acceptors (Lipinski definition) is 5. The molecule has 0 aliphatic heterocycles. The second kappa shape index (κ2) is 5.71. The van der Waals surface area contributed by atoms with Gasteiger partial charge in [0.1, 0.15) is 11.5 Å². The summed E-state index contributed by atoms with van der Waals surface area (Å²) in [6.45, 7) is 2.18. The maximum atomic E-state index is 11.9. The Bertz CT molecular complexity index is 531. The van der Waals surface area contributed by atoms with Crippen molar-refractivity contribution in [2.24, 2.45) is 0 Å². The summed E-state index contributed by atoms with van der Waals surface area (Å²) in [6, 6.07) is 5.30. The van der Waals surface area contributed by atoms with E-state index in [1.807, 2.05) is 31.1 Å². The summed E-state index contributed by atoms with van der Waals surface area (Å²) >= 11 is 0. The molecule has 1 N–H and O–H groups in total. The lowest BCUT2D eigenvalue weighted by Gasteiger charge is -2.22. The summed E-state index contributed by atoms with van der Waals surface area (Å²) in [6.07, 6.45) is 1.62. The number of aryl methyl sites for hydroxylation is 1. The molecule has 0 aliphatic carbocycles. The van der Waals surface area contributed by atoms with Crippen LogP contribution in [0.5, 0.6) is 0 Å². The minimum atomic E-state index is -0.254. The van der Waals surface area contributed by atoms with Gasteiger partial charge in [-0.1, -0.05) is 5.16 Å². The monoisotopic (exact) mass is 263 g/mol. The molecule has 0 spiro atoms. The van der Waals surface area contributed by atoms with Crippen molar-refractivity contribution in [1.82, 2.24) is 15.4 Å². The summed E-state index contributed by atoms with van der Waals surface area (Å²) in [4.78, 5) is 13.9. The molecule has 1 atom stereocenters. The fourth-order valence-electron chi connectivity index (χ4n) is 1.77. The van der Waals surface area contributed by atoms with Crippen molar-refractivity contribution >= 4 is 5.91 Å². The Morgan fingerprint density at radius 1 is 1.53 bits per heavy atom. The predicted octanol–water partition coefficient (Wildman–Crippen LogP) is 1.61. The van der Waals surface area contributed by atoms with Gasteiger partial charge in [0.15, 0.2) is 5.69 Å². The number of rotatable bonds is 5. The van der Waals surface area contributed by atoms with E-state index in [9.17, 15) is 4.79 Å². The molecule has 0 aromatic carbocycles. The Morgan fingerprint density at radius 2 is 2.32 bits per heavy atom. The third-order valence-electron chi connectivity index (χ3n) is 2.81. The van der Waals surface area contributed by atoms with Crippen molar-refractivity contribution in [3.8, 4) is 0 Å². The Kier molecular flexibility index (Phi) is 4.01. The fraction of sp³-hybridized carbons (Fsp3) is 0.385. The number of aromatic nitrogens is 1. The van der Waals surface area contributed by atoms with Crippen LogP contribution >= 0.6 is 0 Å². The SMILES string of the molecule is Cc1cc(C(=O)NC[C@@H](c2ccco2)N(C)C)no1. The molecule has 0 bridgehead atoms. The van der Waals surface area contributed by atoms with Gasteiger partial charge in [-0.15, -0.1) is 0 Å². The van der Waals surface area contributed by atoms with Crippen molar-refractivity contribution in [1.29, 1.82) is 0 Å². The second-order valence-corrected chi connectivity index (χ2v) is 4.53. The molecule has 2 aromatic rings. The van der Waals surface area contributed by atoms with E-state index in [-0.39, 0.29) is 17.6 Å². The molecule has 2 aromatic heterocycles. The molecule has 2 heterocycles. The lowest BCUT2D eigenvalue weighted by atomic mass is 10.2. The van der Waals surface area contributed by atoms with Crippen LogP contribution in [0, 0.1) is 6.92 Å². The van der Waals surface area contributed by atoms with Crippen LogP contribution in [0.25, 0.3) is 0 Å². The number of amides is 1. The maximum Gasteiger partial charge on any atom is 0.273 e. The van der Waals surface area contributed by atoms with E-state index < -0.39 is 0 Å². The highest BCUT2D eigenvalue weighted by Crippen LogP contribution is 2.17. The van der Waals surface area contributed by atoms with Crippen LogP contribution in [0.1, 0.15) is 28.1 Å². The number of nitrogens with zero attached hydrogens (tertiary/aromatic N) is 2. The van der Waals surface area contributed by atoms with Gasteiger partial charge in [0.05, 0.1) is 12.3 Å². The zero-order valence-corrected chi connectivity index (χ0v) is 11.2. The molecule has 6 heteroatoms. The highest BCUT2D eigenvalue weighted by Gasteiger charge is 2.19. The predicted molar refractivity (Wildman–Crippen MR) is 68.7 cm³/mol. The molecular formula is C13H17N3O3. The van der Waals surface area contributed by atoms with E-state index in [0.29, 0.717) is 12.3 Å². The molecule has 102 valence electrons. The largest absolute Gasteiger partial charge is 0.468 e. The van der Waals surface area contributed by atoms with Crippen molar-refractivity contribution < 1.29 is 13.7 Å². The van der Waals surface area contributed by atoms with Crippen LogP contribution < -0.4 is 5.32 Å². The van der Waals surface area contributed by atoms with Crippen molar-refractivity contribution in [3.05, 3.63) is 41.7 Å². The molecule has 6 nitrogen and oxygen atoms in total. The first-order chi connectivity index (χ1) is 9.08. The number of furan rings is 1. The Balaban J connectivity index is 1.98. The third-order valence-corrected chi connectivity index (χ3v) is 2.81. The van der Waals surface area contributed by atoms with Gasteiger partial charge in [-0.2, -0.15) is 0 Å². The smallest absolute Gasteiger partial charge is 0.273 e. The van der Waals surface area contributed by atoms with Crippen LogP contribution in [0.4, 0.5) is 0 Å². The fourth-order valence-corrected chi connectivity index (χ4v) is 1.77. The van der Waals surface area contributed by atoms with E-state index >= 15 is 0 Å². The van der Waals surface area contributed by atoms with Gasteiger partial charge < -0.3 is 14.3 Å². The minimum Gasteiger partial charge on any atom is -0.468 e. The lowest BCUT2D eigenvalue weighted by Crippen LogP contribution is -2.34. The van der Waals surface area contributed by atoms with Crippen LogP contribution in [0.2, 0.25) is 0 Å². The Morgan fingerprint density at radius 3 is 2.84 bits per heavy atom. The molecule has 0 fully saturated rings. The second-order valence-electron chi connectivity index (χ2n) is 4.53. The molecule has 0 radical (unpaired) electrons. The van der Waals surface area contributed by atoms with Crippen molar-refractivity contribution in [2.75, 3.05) is 20.6 Å². The molecule has 2 rings (SSSR count). The van der Waals surface area contributed by atoms with Gasteiger partial charge in [0.25, 0.3) is 5.91 Å². The molecule has 0 aliphatic rings. The van der Waals surface area contributed by atoms with Gasteiger partial charge in [0, 0.05) is 12.6 Å². The highest BCUT2D eigenvalue weighted by molar-refractivity contribution is 5.92. The molecule has 0 saturated carbocycles. The van der Waals surface area contributed by atoms with E-state index in [4.69, 9.17) is 8.94 Å². The first-order valence-corrected chi connectivity index (χ1v) is 5.99. The third kappa shape index (κ3) is 3.23. The van der Waals surface area contributed by atoms with Gasteiger partial charge in [-0.05, 0) is 33.2 Å². The number of nitrogens with one attached hydrogen (secondary N) is 1. The van der Waals surface area contributed by atoms with E-state index in [1.54, 1.807) is 19.3 Å². The highest BCUT2D eigenvalue weighted by atomic mass is 16.5. The Hall–Kier alpha value is -2.08. The topological polar surface area (TPSA) is 71.5 Å². The molecule has 1 amide bonds. The summed E-state index contributed by atoms with van der Waals surface area (Å²) in [7, 11) is 3.86. The molecule has 0 unspecified atom stereocenters. The first-order valence-electron chi connectivity index (χ1n) is 5.99. The molecular weight excluding hydrogens is 246 g/mol. The van der Waals surface area contributed by atoms with Crippen LogP contribution in [-0.4, -0.2) is 36.6 Å². The van der Waals surface area contributed by atoms with Crippen LogP contribution in [0.15, 0.2) is 33.4 Å². The van der Waals surface area contributed by atoms with Crippen LogP contribution in [-0.2, 0) is 0 Å². The van der Waals surface area contributed by atoms with Crippen molar-refractivity contribution in [3.63, 3.8) is 0 Å². The van der Waals surface area contributed by atoms with Crippen LogP contribution in [0.3, 0.4) is 0 Å². The zero-order valence-electron chi connectivity index (χ0n) is 11.2. The van der Waals surface area contributed by atoms with Crippen molar-refractivity contribution in [2.45, 2.75) is 13.0 Å². The number of likely N-dealkylation sites (N-methyl/N-ethyl adjacent to an activating group) is 1. The van der Waals surface area contributed by atoms with Gasteiger partial charge >= 0.3 is 0 Å². The number of hydrogen-bond donors (Lipinski definition) is 1. The van der Waals surface area contributed by atoms with E-state index in [2.05, 4.69) is 10.5 Å². The molecule has 19 heavy (non-hydrogen) atoms. The normalized spacial score (nSPS) is 12.6. The van der Waals surface area contributed by atoms with Gasteiger partial charge in [0.2, 0.25) is 0 Å². The van der Waals surface area contributed by atoms with E-state index in [1.165, 1.54) is 0 Å². The summed E-state index contributed by atoms with van der Waals surface area (Å²) in [5, 5.41) is 6.50. The quantitative estimate of drug-likeness (QED) is 0.887. The summed E-state index contributed by atoms with van der Waals surface area (Å²) in [5.74, 6) is 1.16. The standard InChI is InChI=1S/C13H17N3O3/c1-9-7-10(15-19-9)13(17)14-8-11(16(2)3)12-5-4-6-18-12/h4-7,11H,8H2,1-3H3,(H,14,17)/t11-/m0/s1. The first kappa shape index (κ1) is 13.4. The van der Waals surface area contributed by atoms with Gasteiger partial charge in [-0.25, -0.2) is 0 Å². The summed E-state index contributed by atoms with van der Waals surface area (Å²) < 4.78 is 10.2. The average molecular weight is 263 g/mol. The minimum absolute atomic E-state index is 0.0213. The Labute approximate surface area is 111 Å². The van der Waals surface area contributed by atoms with E-state index in [0.717, 1.165) is 5.76 Å². The number of carbonyl (C=O) groups is 1. The number of carbonyl (C=O) groups excluding carboxylic acids is 1.